The topological polar surface area (TPSA) is 92.8 Å². The minimum Gasteiger partial charge on any atom is -0.366 e. The van der Waals surface area contributed by atoms with E-state index < -0.39 is 15.9 Å². The second-order valence-electron chi connectivity index (χ2n) is 7.93. The lowest BCUT2D eigenvalue weighted by atomic mass is 9.86. The third-order valence-corrected chi connectivity index (χ3v) is 7.68. The van der Waals surface area contributed by atoms with E-state index in [4.69, 9.17) is 5.73 Å². The number of aliphatic imine (C=N–C) groups is 1. The Morgan fingerprint density at radius 1 is 1.32 bits per heavy atom. The van der Waals surface area contributed by atoms with Gasteiger partial charge in [-0.25, -0.2) is 8.42 Å². The van der Waals surface area contributed by atoms with E-state index in [1.807, 2.05) is 6.08 Å². The van der Waals surface area contributed by atoms with Gasteiger partial charge in [0.15, 0.2) is 0 Å². The second kappa shape index (κ2) is 8.57. The molecule has 2 unspecified atom stereocenters. The number of hydrogen-bond acceptors (Lipinski definition) is 4. The van der Waals surface area contributed by atoms with E-state index in [0.29, 0.717) is 35.8 Å². The molecule has 0 bridgehead atoms. The summed E-state index contributed by atoms with van der Waals surface area (Å²) in [5.41, 5.74) is 8.03. The van der Waals surface area contributed by atoms with Crippen LogP contribution in [0, 0.1) is 11.8 Å². The first-order valence-electron chi connectivity index (χ1n) is 9.88. The van der Waals surface area contributed by atoms with E-state index >= 15 is 0 Å². The van der Waals surface area contributed by atoms with E-state index in [1.165, 1.54) is 9.88 Å². The fraction of sp³-hybridized carbons (Fsp3) is 0.524. The Hall–Kier alpha value is -1.99. The number of primary amides is 1. The first kappa shape index (κ1) is 20.7. The van der Waals surface area contributed by atoms with Crippen LogP contribution in [0.2, 0.25) is 0 Å². The number of rotatable bonds is 3. The molecule has 1 amide bonds. The summed E-state index contributed by atoms with van der Waals surface area (Å²) in [6.07, 6.45) is 11.6. The summed E-state index contributed by atoms with van der Waals surface area (Å²) < 4.78 is 28.2. The molecule has 2 heterocycles. The maximum atomic E-state index is 13.3. The SMILES string of the molecule is CC1CCN=C/C=C(/S(=O)(=O)N2CCC3=C(C=C(C(N)=O)C=CCC3C)C2)C1. The Labute approximate surface area is 167 Å². The Morgan fingerprint density at radius 3 is 2.86 bits per heavy atom. The third kappa shape index (κ3) is 4.52. The van der Waals surface area contributed by atoms with E-state index in [2.05, 4.69) is 18.8 Å². The molecule has 3 rings (SSSR count). The predicted octanol–water partition coefficient (Wildman–Crippen LogP) is 2.71. The molecule has 3 aliphatic rings. The van der Waals surface area contributed by atoms with Gasteiger partial charge in [-0.05, 0) is 55.2 Å². The monoisotopic (exact) mass is 403 g/mol. The van der Waals surface area contributed by atoms with Crippen molar-refractivity contribution in [1.82, 2.24) is 4.31 Å². The number of nitrogens with zero attached hydrogens (tertiary/aromatic N) is 2. The molecule has 152 valence electrons. The Morgan fingerprint density at radius 2 is 2.11 bits per heavy atom. The number of sulfonamides is 1. The number of carbonyl (C=O) groups excluding carboxylic acids is 1. The van der Waals surface area contributed by atoms with Gasteiger partial charge in [0.2, 0.25) is 15.9 Å². The zero-order valence-electron chi connectivity index (χ0n) is 16.6. The van der Waals surface area contributed by atoms with Gasteiger partial charge in [0, 0.05) is 31.4 Å². The van der Waals surface area contributed by atoms with Gasteiger partial charge >= 0.3 is 0 Å². The minimum atomic E-state index is -3.58. The highest BCUT2D eigenvalue weighted by atomic mass is 32.2. The summed E-state index contributed by atoms with van der Waals surface area (Å²) in [6, 6.07) is 0. The van der Waals surface area contributed by atoms with Crippen LogP contribution in [-0.2, 0) is 14.8 Å². The fourth-order valence-corrected chi connectivity index (χ4v) is 5.69. The molecule has 0 aromatic rings. The third-order valence-electron chi connectivity index (χ3n) is 5.72. The summed E-state index contributed by atoms with van der Waals surface area (Å²) in [7, 11) is -3.58. The standard InChI is InChI=1S/C21H29N3O3S/c1-15-6-9-23-10-7-19(12-15)28(26,27)24-11-8-20-16(2)4-3-5-17(21(22)25)13-18(20)14-24/h3,5,7,10,13,15-16H,4,6,8-9,11-12,14H2,1-2H3,(H2,22,25)/b5-3?,17-13?,19-7+,23-10?. The zero-order chi connectivity index (χ0) is 20.3. The summed E-state index contributed by atoms with van der Waals surface area (Å²) >= 11 is 0. The molecule has 0 aromatic carbocycles. The van der Waals surface area contributed by atoms with Crippen molar-refractivity contribution < 1.29 is 13.2 Å². The second-order valence-corrected chi connectivity index (χ2v) is 9.92. The molecule has 0 aromatic heterocycles. The lowest BCUT2D eigenvalue weighted by molar-refractivity contribution is -0.114. The van der Waals surface area contributed by atoms with Crippen molar-refractivity contribution in [2.45, 2.75) is 39.5 Å². The van der Waals surface area contributed by atoms with Crippen LogP contribution in [0.3, 0.4) is 0 Å². The number of carbonyl (C=O) groups is 1. The summed E-state index contributed by atoms with van der Waals surface area (Å²) in [5, 5.41) is 0. The molecule has 0 spiro atoms. The lowest BCUT2D eigenvalue weighted by Gasteiger charge is -2.33. The van der Waals surface area contributed by atoms with Crippen LogP contribution in [0.25, 0.3) is 0 Å². The molecule has 2 aliphatic heterocycles. The maximum Gasteiger partial charge on any atom is 0.248 e. The molecule has 2 atom stereocenters. The largest absolute Gasteiger partial charge is 0.366 e. The first-order valence-corrected chi connectivity index (χ1v) is 11.3. The van der Waals surface area contributed by atoms with Crippen molar-refractivity contribution in [1.29, 1.82) is 0 Å². The molecule has 0 radical (unpaired) electrons. The lowest BCUT2D eigenvalue weighted by Crippen LogP contribution is -2.39. The Kier molecular flexibility index (Phi) is 6.35. The molecule has 7 heteroatoms. The van der Waals surface area contributed by atoms with Crippen molar-refractivity contribution in [3.8, 4) is 0 Å². The Balaban J connectivity index is 1.93. The normalized spacial score (nSPS) is 28.9. The molecule has 0 saturated carbocycles. The van der Waals surface area contributed by atoms with Crippen LogP contribution >= 0.6 is 0 Å². The van der Waals surface area contributed by atoms with E-state index in [1.54, 1.807) is 24.4 Å². The average Bonchev–Trinajstić information content (AvgIpc) is 2.61. The molecule has 2 N–H and O–H groups in total. The number of amides is 1. The van der Waals surface area contributed by atoms with E-state index in [0.717, 1.165) is 25.0 Å². The van der Waals surface area contributed by atoms with Gasteiger partial charge in [0.05, 0.1) is 4.91 Å². The van der Waals surface area contributed by atoms with Crippen molar-refractivity contribution in [2.75, 3.05) is 19.6 Å². The van der Waals surface area contributed by atoms with Crippen molar-refractivity contribution >= 4 is 22.1 Å². The van der Waals surface area contributed by atoms with Gasteiger partial charge in [-0.15, -0.1) is 0 Å². The molecule has 0 fully saturated rings. The first-order chi connectivity index (χ1) is 13.3. The molecule has 28 heavy (non-hydrogen) atoms. The fourth-order valence-electron chi connectivity index (χ4n) is 3.99. The van der Waals surface area contributed by atoms with Crippen LogP contribution in [0.1, 0.15) is 39.5 Å². The zero-order valence-corrected chi connectivity index (χ0v) is 17.4. The minimum absolute atomic E-state index is 0.269. The smallest absolute Gasteiger partial charge is 0.248 e. The van der Waals surface area contributed by atoms with Gasteiger partial charge in [0.25, 0.3) is 0 Å². The number of hydrogen-bond donors (Lipinski definition) is 1. The van der Waals surface area contributed by atoms with Crippen LogP contribution in [0.15, 0.2) is 50.9 Å². The highest BCUT2D eigenvalue weighted by molar-refractivity contribution is 7.93. The van der Waals surface area contributed by atoms with Gasteiger partial charge in [-0.3, -0.25) is 9.79 Å². The molecule has 1 aliphatic carbocycles. The summed E-state index contributed by atoms with van der Waals surface area (Å²) in [4.78, 5) is 16.4. The highest BCUT2D eigenvalue weighted by Gasteiger charge is 2.32. The van der Waals surface area contributed by atoms with Crippen LogP contribution in [-0.4, -0.2) is 44.5 Å². The average molecular weight is 404 g/mol. The van der Waals surface area contributed by atoms with E-state index in [9.17, 15) is 13.2 Å². The van der Waals surface area contributed by atoms with Crippen molar-refractivity contribution in [3.63, 3.8) is 0 Å². The molecule has 6 nitrogen and oxygen atoms in total. The van der Waals surface area contributed by atoms with E-state index in [-0.39, 0.29) is 12.5 Å². The predicted molar refractivity (Wildman–Crippen MR) is 112 cm³/mol. The quantitative estimate of drug-likeness (QED) is 0.785. The highest BCUT2D eigenvalue weighted by Crippen LogP contribution is 2.33. The van der Waals surface area contributed by atoms with Gasteiger partial charge < -0.3 is 5.73 Å². The molecular weight excluding hydrogens is 374 g/mol. The van der Waals surface area contributed by atoms with Crippen LogP contribution in [0.4, 0.5) is 0 Å². The number of nitrogens with two attached hydrogens (primary N) is 1. The van der Waals surface area contributed by atoms with Gasteiger partial charge in [0.1, 0.15) is 0 Å². The van der Waals surface area contributed by atoms with Gasteiger partial charge in [-0.2, -0.15) is 4.31 Å². The van der Waals surface area contributed by atoms with Gasteiger partial charge in [-0.1, -0.05) is 31.6 Å². The maximum absolute atomic E-state index is 13.3. The number of allylic oxidation sites excluding steroid dienone is 3. The van der Waals surface area contributed by atoms with Crippen LogP contribution in [0.5, 0.6) is 0 Å². The summed E-state index contributed by atoms with van der Waals surface area (Å²) in [5.74, 6) is 0.0888. The van der Waals surface area contributed by atoms with Crippen molar-refractivity contribution in [3.05, 3.63) is 45.9 Å². The summed E-state index contributed by atoms with van der Waals surface area (Å²) in [6.45, 7) is 5.67. The molecular formula is C21H29N3O3S. The van der Waals surface area contributed by atoms with Crippen molar-refractivity contribution in [2.24, 2.45) is 22.6 Å². The molecule has 0 saturated heterocycles. The Bertz CT molecular complexity index is 894. The van der Waals surface area contributed by atoms with Crippen LogP contribution < -0.4 is 5.73 Å².